The number of nitrogens with zero attached hydrogens (tertiary/aromatic N) is 1. The molecule has 0 aromatic heterocycles. The summed E-state index contributed by atoms with van der Waals surface area (Å²) < 4.78 is 12.7. The van der Waals surface area contributed by atoms with Crippen LogP contribution in [0.25, 0.3) is 0 Å². The highest BCUT2D eigenvalue weighted by Crippen LogP contribution is 2.34. The van der Waals surface area contributed by atoms with E-state index in [9.17, 15) is 4.79 Å². The summed E-state index contributed by atoms with van der Waals surface area (Å²) in [6.45, 7) is 2.96. The Bertz CT molecular complexity index is 1060. The minimum atomic E-state index is -0.265. The fourth-order valence-corrected chi connectivity index (χ4v) is 3.67. The molecule has 0 bridgehead atoms. The molecule has 0 saturated heterocycles. The van der Waals surface area contributed by atoms with Crippen molar-refractivity contribution in [2.75, 3.05) is 18.5 Å². The molecule has 6 nitrogen and oxygen atoms in total. The number of hydrazone groups is 1. The highest BCUT2D eigenvalue weighted by Gasteiger charge is 2.12. The zero-order valence-corrected chi connectivity index (χ0v) is 20.4. The van der Waals surface area contributed by atoms with Gasteiger partial charge in [-0.3, -0.25) is 4.79 Å². The minimum Gasteiger partial charge on any atom is -0.490 e. The third kappa shape index (κ3) is 7.42. The number of carbonyl (C=O) groups is 1. The molecule has 0 aliphatic heterocycles. The number of anilines is 1. The summed E-state index contributed by atoms with van der Waals surface area (Å²) in [7, 11) is 0. The van der Waals surface area contributed by atoms with Crippen molar-refractivity contribution in [1.29, 1.82) is 0 Å². The first kappa shape index (κ1) is 23.9. The maximum atomic E-state index is 12.0. The largest absolute Gasteiger partial charge is 0.490 e. The lowest BCUT2D eigenvalue weighted by Crippen LogP contribution is -2.25. The first-order chi connectivity index (χ1) is 15.5. The molecule has 0 aliphatic carbocycles. The van der Waals surface area contributed by atoms with Crippen molar-refractivity contribution in [3.8, 4) is 11.5 Å². The van der Waals surface area contributed by atoms with Crippen molar-refractivity contribution < 1.29 is 14.3 Å². The van der Waals surface area contributed by atoms with Gasteiger partial charge in [-0.1, -0.05) is 41.9 Å². The topological polar surface area (TPSA) is 72.0 Å². The summed E-state index contributed by atoms with van der Waals surface area (Å²) in [5.74, 6) is 1.05. The third-order valence-corrected chi connectivity index (χ3v) is 5.31. The number of benzene rings is 3. The van der Waals surface area contributed by atoms with Crippen LogP contribution in [0.3, 0.4) is 0 Å². The predicted octanol–water partition coefficient (Wildman–Crippen LogP) is 5.48. The molecule has 0 saturated carbocycles. The summed E-state index contributed by atoms with van der Waals surface area (Å²) in [4.78, 5) is 12.0. The number of halogens is 2. The maximum Gasteiger partial charge on any atom is 0.259 e. The van der Waals surface area contributed by atoms with E-state index in [0.717, 1.165) is 20.4 Å². The van der Waals surface area contributed by atoms with E-state index in [0.29, 0.717) is 29.7 Å². The van der Waals surface area contributed by atoms with Gasteiger partial charge in [0.2, 0.25) is 0 Å². The molecule has 0 fully saturated rings. The van der Waals surface area contributed by atoms with E-state index in [-0.39, 0.29) is 12.5 Å². The van der Waals surface area contributed by atoms with Crippen LogP contribution in [0.5, 0.6) is 11.5 Å². The lowest BCUT2D eigenvalue weighted by atomic mass is 10.2. The van der Waals surface area contributed by atoms with Crippen molar-refractivity contribution in [2.45, 2.75) is 13.5 Å². The van der Waals surface area contributed by atoms with Gasteiger partial charge in [0.25, 0.3) is 5.91 Å². The molecule has 2 N–H and O–H groups in total. The molecule has 0 spiro atoms. The Balaban J connectivity index is 1.59. The molecule has 166 valence electrons. The van der Waals surface area contributed by atoms with Gasteiger partial charge in [0.15, 0.2) is 11.5 Å². The Morgan fingerprint density at radius 2 is 1.84 bits per heavy atom. The zero-order chi connectivity index (χ0) is 22.8. The summed E-state index contributed by atoms with van der Waals surface area (Å²) in [5.41, 5.74) is 5.18. The van der Waals surface area contributed by atoms with E-state index in [4.69, 9.17) is 21.1 Å². The number of hydrogen-bond acceptors (Lipinski definition) is 5. The predicted molar refractivity (Wildman–Crippen MR) is 137 cm³/mol. The van der Waals surface area contributed by atoms with E-state index in [1.165, 1.54) is 0 Å². The van der Waals surface area contributed by atoms with Gasteiger partial charge in [0, 0.05) is 10.7 Å². The third-order valence-electron chi connectivity index (χ3n) is 4.26. The number of nitrogens with one attached hydrogen (secondary N) is 2. The summed E-state index contributed by atoms with van der Waals surface area (Å²) >= 11 is 8.06. The normalized spacial score (nSPS) is 10.7. The van der Waals surface area contributed by atoms with Gasteiger partial charge in [0.1, 0.15) is 6.61 Å². The molecule has 1 amide bonds. The second-order valence-corrected chi connectivity index (χ2v) is 8.29. The van der Waals surface area contributed by atoms with Gasteiger partial charge in [-0.2, -0.15) is 5.10 Å². The fraction of sp³-hybridized carbons (Fsp3) is 0.167. The van der Waals surface area contributed by atoms with E-state index >= 15 is 0 Å². The number of hydrogen-bond donors (Lipinski definition) is 2. The molecular weight excluding hydrogens is 541 g/mol. The number of carbonyl (C=O) groups excluding carboxylic acids is 1. The molecule has 3 aromatic carbocycles. The van der Waals surface area contributed by atoms with Crippen LogP contribution < -0.4 is 20.2 Å². The van der Waals surface area contributed by atoms with Crippen molar-refractivity contribution in [3.63, 3.8) is 0 Å². The van der Waals surface area contributed by atoms with Crippen molar-refractivity contribution in [1.82, 2.24) is 5.43 Å². The second-order valence-electron chi connectivity index (χ2n) is 6.69. The van der Waals surface area contributed by atoms with Crippen LogP contribution in [0, 0.1) is 3.57 Å². The molecule has 3 aromatic rings. The number of rotatable bonds is 10. The van der Waals surface area contributed by atoms with Crippen LogP contribution in [-0.2, 0) is 11.4 Å². The summed E-state index contributed by atoms with van der Waals surface area (Å²) in [6, 6.07) is 20.8. The Labute approximate surface area is 206 Å². The summed E-state index contributed by atoms with van der Waals surface area (Å²) in [5, 5.41) is 7.70. The van der Waals surface area contributed by atoms with Crippen LogP contribution in [-0.4, -0.2) is 25.3 Å². The van der Waals surface area contributed by atoms with Gasteiger partial charge in [-0.05, 0) is 77.0 Å². The van der Waals surface area contributed by atoms with E-state index in [2.05, 4.69) is 38.4 Å². The van der Waals surface area contributed by atoms with Gasteiger partial charge in [0.05, 0.1) is 22.9 Å². The summed E-state index contributed by atoms with van der Waals surface area (Å²) in [6.07, 6.45) is 1.58. The van der Waals surface area contributed by atoms with Crippen molar-refractivity contribution in [2.24, 2.45) is 5.10 Å². The average molecular weight is 564 g/mol. The van der Waals surface area contributed by atoms with Gasteiger partial charge >= 0.3 is 0 Å². The molecule has 0 atom stereocenters. The van der Waals surface area contributed by atoms with Crippen LogP contribution in [0.15, 0.2) is 71.8 Å². The molecule has 32 heavy (non-hydrogen) atoms. The lowest BCUT2D eigenvalue weighted by molar-refractivity contribution is -0.119. The monoisotopic (exact) mass is 563 g/mol. The molecule has 0 aliphatic rings. The number of ether oxygens (including phenoxy) is 2. The van der Waals surface area contributed by atoms with E-state index < -0.39 is 0 Å². The van der Waals surface area contributed by atoms with E-state index in [1.54, 1.807) is 30.5 Å². The van der Waals surface area contributed by atoms with E-state index in [1.807, 2.05) is 49.4 Å². The smallest absolute Gasteiger partial charge is 0.259 e. The standard InChI is InChI=1S/C24H23ClIN3O3/c1-2-31-22-13-18(12-21(26)24(22)32-16-17-6-4-3-5-7-17)14-28-29-23(30)15-27-20-10-8-19(25)9-11-20/h3-14,27H,2,15-16H2,1H3,(H,29,30)/b28-14-. The first-order valence-corrected chi connectivity index (χ1v) is 11.4. The number of amides is 1. The molecule has 3 rings (SSSR count). The Hall–Kier alpha value is -2.78. The van der Waals surface area contributed by atoms with Crippen LogP contribution >= 0.6 is 34.2 Å². The fourth-order valence-electron chi connectivity index (χ4n) is 2.76. The Kier molecular flexibility index (Phi) is 9.18. The zero-order valence-electron chi connectivity index (χ0n) is 17.5. The SMILES string of the molecule is CCOc1cc(/C=N\NC(=O)CNc2ccc(Cl)cc2)cc(I)c1OCc1ccccc1. The van der Waals surface area contributed by atoms with Gasteiger partial charge in [-0.15, -0.1) is 0 Å². The second kappa shape index (κ2) is 12.3. The van der Waals surface area contributed by atoms with Crippen molar-refractivity contribution >= 4 is 52.0 Å². The molecule has 0 unspecified atom stereocenters. The van der Waals surface area contributed by atoms with Gasteiger partial charge in [-0.25, -0.2) is 5.43 Å². The van der Waals surface area contributed by atoms with Crippen molar-refractivity contribution in [3.05, 3.63) is 86.4 Å². The molecular formula is C24H23ClIN3O3. The quantitative estimate of drug-likeness (QED) is 0.195. The Morgan fingerprint density at radius 1 is 1.09 bits per heavy atom. The minimum absolute atomic E-state index is 0.0902. The van der Waals surface area contributed by atoms with Gasteiger partial charge < -0.3 is 14.8 Å². The molecule has 8 heteroatoms. The van der Waals surface area contributed by atoms with Crippen LogP contribution in [0.4, 0.5) is 5.69 Å². The molecule has 0 radical (unpaired) electrons. The first-order valence-electron chi connectivity index (χ1n) is 9.99. The van der Waals surface area contributed by atoms with Crippen LogP contribution in [0.1, 0.15) is 18.1 Å². The lowest BCUT2D eigenvalue weighted by Gasteiger charge is -2.14. The highest BCUT2D eigenvalue weighted by molar-refractivity contribution is 14.1. The Morgan fingerprint density at radius 3 is 2.56 bits per heavy atom. The van der Waals surface area contributed by atoms with Crippen LogP contribution in [0.2, 0.25) is 5.02 Å². The molecule has 0 heterocycles. The maximum absolute atomic E-state index is 12.0. The highest BCUT2D eigenvalue weighted by atomic mass is 127. The average Bonchev–Trinajstić information content (AvgIpc) is 2.79.